The molecular weight excluding hydrogens is 264 g/mol. The Morgan fingerprint density at radius 2 is 2.24 bits per heavy atom. The van der Waals surface area contributed by atoms with E-state index < -0.39 is 0 Å². The number of hydrogen-bond donors (Lipinski definition) is 1. The molecule has 0 aromatic carbocycles. The molecule has 3 heterocycles. The van der Waals surface area contributed by atoms with E-state index in [2.05, 4.69) is 49.7 Å². The van der Waals surface area contributed by atoms with Crippen molar-refractivity contribution in [2.24, 2.45) is 0 Å². The molecule has 1 aliphatic rings. The molecule has 0 radical (unpaired) electrons. The highest BCUT2D eigenvalue weighted by atomic mass is 15.3. The van der Waals surface area contributed by atoms with Gasteiger partial charge in [-0.05, 0) is 40.2 Å². The second-order valence-electron chi connectivity index (χ2n) is 6.11. The van der Waals surface area contributed by atoms with Crippen LogP contribution in [0.4, 0.5) is 0 Å². The first-order valence-corrected chi connectivity index (χ1v) is 7.80. The van der Waals surface area contributed by atoms with E-state index in [9.17, 15) is 0 Å². The summed E-state index contributed by atoms with van der Waals surface area (Å²) in [5.41, 5.74) is 0. The monoisotopic (exact) mass is 288 g/mol. The van der Waals surface area contributed by atoms with Crippen molar-refractivity contribution >= 4 is 0 Å². The summed E-state index contributed by atoms with van der Waals surface area (Å²) in [7, 11) is 0. The Balaban J connectivity index is 1.80. The number of nitrogens with one attached hydrogen (secondary N) is 1. The van der Waals surface area contributed by atoms with Gasteiger partial charge in [0.05, 0.1) is 12.6 Å². The van der Waals surface area contributed by atoms with Gasteiger partial charge in [0, 0.05) is 18.4 Å². The summed E-state index contributed by atoms with van der Waals surface area (Å²) in [6.45, 7) is 8.29. The molecular formula is C15H24N6. The summed E-state index contributed by atoms with van der Waals surface area (Å²) in [6.07, 6.45) is 7.57. The van der Waals surface area contributed by atoms with Gasteiger partial charge in [0.15, 0.2) is 5.82 Å². The Bertz CT molecular complexity index is 585. The van der Waals surface area contributed by atoms with Crippen molar-refractivity contribution in [3.05, 3.63) is 29.9 Å². The Morgan fingerprint density at radius 3 is 2.95 bits per heavy atom. The van der Waals surface area contributed by atoms with E-state index in [1.165, 1.54) is 12.8 Å². The highest BCUT2D eigenvalue weighted by Crippen LogP contribution is 2.30. The molecule has 0 unspecified atom stereocenters. The van der Waals surface area contributed by atoms with Crippen LogP contribution in [0.25, 0.3) is 0 Å². The van der Waals surface area contributed by atoms with Crippen molar-refractivity contribution in [1.82, 2.24) is 29.6 Å². The SMILES string of the molecule is Cc1nc([C@@H]2CCCCN2Cc2nccn2C(C)C)n[nH]1. The number of aromatic nitrogens is 5. The Morgan fingerprint density at radius 1 is 1.38 bits per heavy atom. The summed E-state index contributed by atoms with van der Waals surface area (Å²) in [4.78, 5) is 11.5. The second-order valence-corrected chi connectivity index (χ2v) is 6.11. The molecule has 114 valence electrons. The number of H-pyrrole nitrogens is 1. The fourth-order valence-electron chi connectivity index (χ4n) is 3.10. The zero-order valence-electron chi connectivity index (χ0n) is 13.1. The van der Waals surface area contributed by atoms with Crippen molar-refractivity contribution < 1.29 is 0 Å². The van der Waals surface area contributed by atoms with Crippen LogP contribution in [0.2, 0.25) is 0 Å². The minimum Gasteiger partial charge on any atom is -0.331 e. The predicted molar refractivity (Wildman–Crippen MR) is 80.7 cm³/mol. The van der Waals surface area contributed by atoms with Crippen LogP contribution in [0.5, 0.6) is 0 Å². The quantitative estimate of drug-likeness (QED) is 0.939. The summed E-state index contributed by atoms with van der Waals surface area (Å²) < 4.78 is 2.24. The van der Waals surface area contributed by atoms with E-state index in [-0.39, 0.29) is 0 Å². The molecule has 0 amide bonds. The van der Waals surface area contributed by atoms with Gasteiger partial charge >= 0.3 is 0 Å². The Hall–Kier alpha value is -1.69. The maximum absolute atomic E-state index is 4.54. The van der Waals surface area contributed by atoms with Gasteiger partial charge < -0.3 is 4.57 Å². The van der Waals surface area contributed by atoms with Gasteiger partial charge in [0.2, 0.25) is 0 Å². The third-order valence-electron chi connectivity index (χ3n) is 4.18. The van der Waals surface area contributed by atoms with Crippen molar-refractivity contribution in [2.45, 2.75) is 58.7 Å². The average molecular weight is 288 g/mol. The molecule has 1 N–H and O–H groups in total. The lowest BCUT2D eigenvalue weighted by molar-refractivity contribution is 0.128. The van der Waals surface area contributed by atoms with Crippen LogP contribution in [0, 0.1) is 6.92 Å². The molecule has 21 heavy (non-hydrogen) atoms. The van der Waals surface area contributed by atoms with Crippen LogP contribution in [0.15, 0.2) is 12.4 Å². The van der Waals surface area contributed by atoms with Crippen molar-refractivity contribution in [3.63, 3.8) is 0 Å². The number of aryl methyl sites for hydroxylation is 1. The average Bonchev–Trinajstić information content (AvgIpc) is 3.08. The first-order valence-electron chi connectivity index (χ1n) is 7.80. The number of imidazole rings is 1. The minimum absolute atomic E-state index is 0.306. The lowest BCUT2D eigenvalue weighted by Crippen LogP contribution is -2.34. The fraction of sp³-hybridized carbons (Fsp3) is 0.667. The van der Waals surface area contributed by atoms with Gasteiger partial charge in [-0.2, -0.15) is 5.10 Å². The molecule has 2 aromatic rings. The molecule has 0 saturated carbocycles. The van der Waals surface area contributed by atoms with E-state index in [4.69, 9.17) is 0 Å². The normalized spacial score (nSPS) is 20.3. The second kappa shape index (κ2) is 5.97. The molecule has 1 saturated heterocycles. The van der Waals surface area contributed by atoms with Crippen LogP contribution in [-0.2, 0) is 6.54 Å². The summed E-state index contributed by atoms with van der Waals surface area (Å²) in [5.74, 6) is 2.94. The third-order valence-corrected chi connectivity index (χ3v) is 4.18. The third kappa shape index (κ3) is 3.00. The first-order chi connectivity index (χ1) is 10.1. The Labute approximate surface area is 125 Å². The lowest BCUT2D eigenvalue weighted by atomic mass is 10.0. The molecule has 1 atom stereocenters. The number of piperidine rings is 1. The van der Waals surface area contributed by atoms with Gasteiger partial charge in [-0.1, -0.05) is 6.42 Å². The molecule has 3 rings (SSSR count). The van der Waals surface area contributed by atoms with Gasteiger partial charge in [0.1, 0.15) is 11.6 Å². The van der Waals surface area contributed by atoms with E-state index in [1.54, 1.807) is 0 Å². The maximum Gasteiger partial charge on any atom is 0.167 e. The maximum atomic E-state index is 4.54. The topological polar surface area (TPSA) is 62.6 Å². The van der Waals surface area contributed by atoms with Crippen LogP contribution in [-0.4, -0.2) is 36.2 Å². The smallest absolute Gasteiger partial charge is 0.167 e. The zero-order valence-corrected chi connectivity index (χ0v) is 13.1. The standard InChI is InChI=1S/C15H24N6/c1-11(2)21-9-7-16-14(21)10-20-8-5-4-6-13(20)15-17-12(3)18-19-15/h7,9,11,13H,4-6,8,10H2,1-3H3,(H,17,18,19)/t13-/m0/s1. The number of nitrogens with zero attached hydrogens (tertiary/aromatic N) is 5. The summed E-state index contributed by atoms with van der Waals surface area (Å²) in [6, 6.07) is 0.748. The molecule has 2 aromatic heterocycles. The van der Waals surface area contributed by atoms with Crippen LogP contribution in [0.1, 0.15) is 62.7 Å². The highest BCUT2D eigenvalue weighted by molar-refractivity contribution is 5.01. The van der Waals surface area contributed by atoms with E-state index in [0.717, 1.165) is 37.0 Å². The number of aromatic amines is 1. The predicted octanol–water partition coefficient (Wildman–Crippen LogP) is 2.62. The molecule has 0 bridgehead atoms. The molecule has 6 nitrogen and oxygen atoms in total. The number of hydrogen-bond acceptors (Lipinski definition) is 4. The molecule has 1 fully saturated rings. The van der Waals surface area contributed by atoms with E-state index in [0.29, 0.717) is 12.1 Å². The highest BCUT2D eigenvalue weighted by Gasteiger charge is 2.28. The van der Waals surface area contributed by atoms with Crippen LogP contribution >= 0.6 is 0 Å². The van der Waals surface area contributed by atoms with Crippen LogP contribution < -0.4 is 0 Å². The molecule has 0 spiro atoms. The fourth-order valence-corrected chi connectivity index (χ4v) is 3.10. The molecule has 6 heteroatoms. The van der Waals surface area contributed by atoms with E-state index >= 15 is 0 Å². The Kier molecular flexibility index (Phi) is 4.05. The van der Waals surface area contributed by atoms with Crippen LogP contribution in [0.3, 0.4) is 0 Å². The largest absolute Gasteiger partial charge is 0.331 e. The first kappa shape index (κ1) is 14.3. The lowest BCUT2D eigenvalue weighted by Gasteiger charge is -2.33. The van der Waals surface area contributed by atoms with Gasteiger partial charge in [-0.15, -0.1) is 0 Å². The van der Waals surface area contributed by atoms with E-state index in [1.807, 2.05) is 13.1 Å². The van der Waals surface area contributed by atoms with Crippen molar-refractivity contribution in [1.29, 1.82) is 0 Å². The number of likely N-dealkylation sites (tertiary alicyclic amines) is 1. The summed E-state index contributed by atoms with van der Waals surface area (Å²) >= 11 is 0. The van der Waals surface area contributed by atoms with Crippen molar-refractivity contribution in [3.8, 4) is 0 Å². The van der Waals surface area contributed by atoms with Gasteiger partial charge in [-0.3, -0.25) is 10.00 Å². The van der Waals surface area contributed by atoms with Crippen molar-refractivity contribution in [2.75, 3.05) is 6.54 Å². The zero-order chi connectivity index (χ0) is 14.8. The molecule has 1 aliphatic heterocycles. The van der Waals surface area contributed by atoms with Gasteiger partial charge in [0.25, 0.3) is 0 Å². The minimum atomic E-state index is 0.306. The summed E-state index contributed by atoms with van der Waals surface area (Å²) in [5, 5.41) is 7.34. The number of rotatable bonds is 4. The molecule has 0 aliphatic carbocycles. The van der Waals surface area contributed by atoms with Gasteiger partial charge in [-0.25, -0.2) is 9.97 Å².